The Morgan fingerprint density at radius 2 is 1.75 bits per heavy atom. The van der Waals surface area contributed by atoms with Gasteiger partial charge < -0.3 is 10.2 Å². The first kappa shape index (κ1) is 16.8. The average molecular weight is 326 g/mol. The Morgan fingerprint density at radius 1 is 1.08 bits per heavy atom. The van der Waals surface area contributed by atoms with Gasteiger partial charge in [-0.25, -0.2) is 4.39 Å². The Bertz CT molecular complexity index is 741. The van der Waals surface area contributed by atoms with Crippen molar-refractivity contribution in [2.75, 3.05) is 23.8 Å². The smallest absolute Gasteiger partial charge is 0.123 e. The Hall–Kier alpha value is -2.03. The molecule has 1 aliphatic heterocycles. The number of anilines is 2. The van der Waals surface area contributed by atoms with Gasteiger partial charge in [-0.1, -0.05) is 19.9 Å². The first-order valence-electron chi connectivity index (χ1n) is 8.64. The third kappa shape index (κ3) is 3.00. The molecule has 0 unspecified atom stereocenters. The SMILES string of the molecule is CNc1c(C)cc(N2CCC(C)(C)c3cc(F)ccc3C2)cc1C. The lowest BCUT2D eigenvalue weighted by atomic mass is 9.80. The Labute approximate surface area is 144 Å². The average Bonchev–Trinajstić information content (AvgIpc) is 2.64. The molecule has 3 heteroatoms. The highest BCUT2D eigenvalue weighted by Gasteiger charge is 2.29. The molecule has 2 aromatic carbocycles. The molecule has 0 radical (unpaired) electrons. The van der Waals surface area contributed by atoms with Crippen molar-refractivity contribution in [1.29, 1.82) is 0 Å². The van der Waals surface area contributed by atoms with Crippen LogP contribution < -0.4 is 10.2 Å². The lowest BCUT2D eigenvalue weighted by Crippen LogP contribution is -2.25. The molecule has 1 heterocycles. The van der Waals surface area contributed by atoms with Crippen molar-refractivity contribution in [3.05, 3.63) is 58.4 Å². The first-order chi connectivity index (χ1) is 11.3. The van der Waals surface area contributed by atoms with Gasteiger partial charge in [0.05, 0.1) is 0 Å². The van der Waals surface area contributed by atoms with Crippen LogP contribution in [-0.4, -0.2) is 13.6 Å². The summed E-state index contributed by atoms with van der Waals surface area (Å²) < 4.78 is 13.8. The molecule has 0 aliphatic carbocycles. The second-order valence-corrected chi connectivity index (χ2v) is 7.56. The molecule has 2 nitrogen and oxygen atoms in total. The summed E-state index contributed by atoms with van der Waals surface area (Å²) in [7, 11) is 1.97. The van der Waals surface area contributed by atoms with Gasteiger partial charge in [-0.05, 0) is 72.2 Å². The van der Waals surface area contributed by atoms with Crippen LogP contribution in [0.1, 0.15) is 42.5 Å². The molecule has 1 aliphatic rings. The minimum Gasteiger partial charge on any atom is -0.388 e. The van der Waals surface area contributed by atoms with Crippen LogP contribution in [0.25, 0.3) is 0 Å². The maximum Gasteiger partial charge on any atom is 0.123 e. The predicted molar refractivity (Wildman–Crippen MR) is 101 cm³/mol. The van der Waals surface area contributed by atoms with Crippen molar-refractivity contribution in [1.82, 2.24) is 0 Å². The maximum absolute atomic E-state index is 13.8. The van der Waals surface area contributed by atoms with Crippen LogP contribution in [0.4, 0.5) is 15.8 Å². The highest BCUT2D eigenvalue weighted by molar-refractivity contribution is 5.65. The Kier molecular flexibility index (Phi) is 4.29. The fraction of sp³-hybridized carbons (Fsp3) is 0.429. The lowest BCUT2D eigenvalue weighted by molar-refractivity contribution is 0.486. The van der Waals surface area contributed by atoms with Crippen molar-refractivity contribution < 1.29 is 4.39 Å². The van der Waals surface area contributed by atoms with Gasteiger partial charge in [-0.3, -0.25) is 0 Å². The number of hydrogen-bond donors (Lipinski definition) is 1. The van der Waals surface area contributed by atoms with Gasteiger partial charge in [-0.2, -0.15) is 0 Å². The van der Waals surface area contributed by atoms with E-state index in [9.17, 15) is 4.39 Å². The molecule has 128 valence electrons. The normalized spacial score (nSPS) is 16.5. The van der Waals surface area contributed by atoms with Crippen LogP contribution in [0, 0.1) is 19.7 Å². The third-order valence-corrected chi connectivity index (χ3v) is 5.30. The van der Waals surface area contributed by atoms with E-state index in [1.54, 1.807) is 12.1 Å². The largest absolute Gasteiger partial charge is 0.388 e. The molecule has 3 rings (SSSR count). The van der Waals surface area contributed by atoms with Crippen LogP contribution in [0.2, 0.25) is 0 Å². The molecule has 0 aromatic heterocycles. The summed E-state index contributed by atoms with van der Waals surface area (Å²) in [6.45, 7) is 10.5. The number of nitrogens with one attached hydrogen (secondary N) is 1. The van der Waals surface area contributed by atoms with Crippen LogP contribution >= 0.6 is 0 Å². The lowest BCUT2D eigenvalue weighted by Gasteiger charge is -2.26. The number of hydrogen-bond acceptors (Lipinski definition) is 2. The minimum absolute atomic E-state index is 0.0127. The van der Waals surface area contributed by atoms with Crippen LogP contribution in [-0.2, 0) is 12.0 Å². The molecule has 0 atom stereocenters. The van der Waals surface area contributed by atoms with E-state index in [0.717, 1.165) is 25.1 Å². The maximum atomic E-state index is 13.8. The number of halogens is 1. The van der Waals surface area contributed by atoms with Gasteiger partial charge in [-0.15, -0.1) is 0 Å². The quantitative estimate of drug-likeness (QED) is 0.819. The highest BCUT2D eigenvalue weighted by atomic mass is 19.1. The van der Waals surface area contributed by atoms with E-state index in [4.69, 9.17) is 0 Å². The van der Waals surface area contributed by atoms with E-state index in [1.165, 1.54) is 28.1 Å². The summed E-state index contributed by atoms with van der Waals surface area (Å²) >= 11 is 0. The zero-order chi connectivity index (χ0) is 17.5. The topological polar surface area (TPSA) is 15.3 Å². The molecular weight excluding hydrogens is 299 g/mol. The molecule has 0 spiro atoms. The molecule has 0 fully saturated rings. The van der Waals surface area contributed by atoms with Gasteiger partial charge in [0.2, 0.25) is 0 Å². The standard InChI is InChI=1S/C21H27FN2/c1-14-10-18(11-15(2)20(14)23-5)24-9-8-21(3,4)19-12-17(22)7-6-16(19)13-24/h6-7,10-12,23H,8-9,13H2,1-5H3. The number of rotatable bonds is 2. The zero-order valence-corrected chi connectivity index (χ0v) is 15.3. The second kappa shape index (κ2) is 6.12. The zero-order valence-electron chi connectivity index (χ0n) is 15.3. The molecule has 24 heavy (non-hydrogen) atoms. The van der Waals surface area contributed by atoms with Crippen LogP contribution in [0.5, 0.6) is 0 Å². The van der Waals surface area contributed by atoms with Crippen molar-refractivity contribution in [3.63, 3.8) is 0 Å². The van der Waals surface area contributed by atoms with Gasteiger partial charge >= 0.3 is 0 Å². The second-order valence-electron chi connectivity index (χ2n) is 7.56. The molecular formula is C21H27FN2. The van der Waals surface area contributed by atoms with Crippen molar-refractivity contribution in [3.8, 4) is 0 Å². The van der Waals surface area contributed by atoms with Crippen molar-refractivity contribution in [2.45, 2.75) is 46.1 Å². The highest BCUT2D eigenvalue weighted by Crippen LogP contribution is 2.37. The summed E-state index contributed by atoms with van der Waals surface area (Å²) in [6.07, 6.45) is 1.01. The molecule has 0 bridgehead atoms. The summed E-state index contributed by atoms with van der Waals surface area (Å²) in [5, 5.41) is 3.28. The van der Waals surface area contributed by atoms with Gasteiger partial charge in [0, 0.05) is 31.5 Å². The number of aryl methyl sites for hydroxylation is 2. The van der Waals surface area contributed by atoms with E-state index >= 15 is 0 Å². The molecule has 0 saturated heterocycles. The first-order valence-corrected chi connectivity index (χ1v) is 8.64. The van der Waals surface area contributed by atoms with Crippen molar-refractivity contribution in [2.24, 2.45) is 0 Å². The predicted octanol–water partition coefficient (Wildman–Crippen LogP) is 5.17. The van der Waals surface area contributed by atoms with E-state index < -0.39 is 0 Å². The van der Waals surface area contributed by atoms with E-state index in [1.807, 2.05) is 13.1 Å². The Morgan fingerprint density at radius 3 is 2.38 bits per heavy atom. The number of nitrogens with zero attached hydrogens (tertiary/aromatic N) is 1. The van der Waals surface area contributed by atoms with E-state index in [-0.39, 0.29) is 11.2 Å². The molecule has 0 saturated carbocycles. The van der Waals surface area contributed by atoms with E-state index in [2.05, 4.69) is 50.0 Å². The van der Waals surface area contributed by atoms with Crippen LogP contribution in [0.3, 0.4) is 0 Å². The van der Waals surface area contributed by atoms with Gasteiger partial charge in [0.15, 0.2) is 0 Å². The summed E-state index contributed by atoms with van der Waals surface area (Å²) in [5.74, 6) is -0.139. The fourth-order valence-corrected chi connectivity index (χ4v) is 3.89. The summed E-state index contributed by atoms with van der Waals surface area (Å²) in [4.78, 5) is 2.42. The molecule has 1 N–H and O–H groups in total. The van der Waals surface area contributed by atoms with Gasteiger partial charge in [0.25, 0.3) is 0 Å². The van der Waals surface area contributed by atoms with Crippen molar-refractivity contribution >= 4 is 11.4 Å². The van der Waals surface area contributed by atoms with Gasteiger partial charge in [0.1, 0.15) is 5.82 Å². The number of benzene rings is 2. The monoisotopic (exact) mass is 326 g/mol. The van der Waals surface area contributed by atoms with E-state index in [0.29, 0.717) is 0 Å². The van der Waals surface area contributed by atoms with Crippen LogP contribution in [0.15, 0.2) is 30.3 Å². The number of fused-ring (bicyclic) bond motifs is 1. The molecule has 2 aromatic rings. The minimum atomic E-state index is -0.139. The Balaban J connectivity index is 2.02. The molecule has 0 amide bonds. The summed E-state index contributed by atoms with van der Waals surface area (Å²) in [5.41, 5.74) is 7.33. The third-order valence-electron chi connectivity index (χ3n) is 5.30. The summed E-state index contributed by atoms with van der Waals surface area (Å²) in [6, 6.07) is 9.76. The fourth-order valence-electron chi connectivity index (χ4n) is 3.89.